The van der Waals surface area contributed by atoms with Gasteiger partial charge in [0.1, 0.15) is 10.7 Å². The van der Waals surface area contributed by atoms with Gasteiger partial charge in [-0.3, -0.25) is 9.69 Å². The summed E-state index contributed by atoms with van der Waals surface area (Å²) < 4.78 is 10.8. The van der Waals surface area contributed by atoms with E-state index in [0.717, 1.165) is 65.0 Å². The van der Waals surface area contributed by atoms with Gasteiger partial charge >= 0.3 is 0 Å². The van der Waals surface area contributed by atoms with Crippen LogP contribution in [-0.4, -0.2) is 42.6 Å². The highest BCUT2D eigenvalue weighted by Gasteiger charge is 2.19. The van der Waals surface area contributed by atoms with Crippen molar-refractivity contribution in [3.63, 3.8) is 0 Å². The second kappa shape index (κ2) is 13.1. The lowest BCUT2D eigenvalue weighted by Gasteiger charge is -2.22. The van der Waals surface area contributed by atoms with Crippen molar-refractivity contribution in [2.75, 3.05) is 20.8 Å². The fourth-order valence-electron chi connectivity index (χ4n) is 4.62. The first-order valence-electron chi connectivity index (χ1n) is 12.5. The van der Waals surface area contributed by atoms with Crippen molar-refractivity contribution in [3.05, 3.63) is 74.7 Å². The van der Waals surface area contributed by atoms with Crippen molar-refractivity contribution < 1.29 is 14.3 Å². The molecule has 36 heavy (non-hydrogen) atoms. The number of nitrogens with zero attached hydrogens (tertiary/aromatic N) is 2. The molecule has 1 saturated carbocycles. The normalized spacial score (nSPS) is 14.1. The average molecular weight is 528 g/mol. The van der Waals surface area contributed by atoms with Crippen LogP contribution in [0.4, 0.5) is 0 Å². The second-order valence-electron chi connectivity index (χ2n) is 9.21. The van der Waals surface area contributed by atoms with Crippen LogP contribution < -0.4 is 14.8 Å². The number of hydrogen-bond donors (Lipinski definition) is 1. The van der Waals surface area contributed by atoms with Gasteiger partial charge in [0.25, 0.3) is 5.91 Å². The van der Waals surface area contributed by atoms with Gasteiger partial charge in [-0.15, -0.1) is 11.3 Å². The Balaban J connectivity index is 1.44. The molecule has 0 radical (unpaired) electrons. The molecule has 192 valence electrons. The molecule has 1 aliphatic rings. The maximum absolute atomic E-state index is 12.7. The van der Waals surface area contributed by atoms with Crippen LogP contribution in [0.15, 0.2) is 47.8 Å². The first-order valence-corrected chi connectivity index (χ1v) is 13.7. The molecule has 1 heterocycles. The number of amides is 1. The van der Waals surface area contributed by atoms with E-state index in [2.05, 4.69) is 27.3 Å². The summed E-state index contributed by atoms with van der Waals surface area (Å²) in [4.78, 5) is 19.8. The van der Waals surface area contributed by atoms with Crippen molar-refractivity contribution in [2.45, 2.75) is 57.7 Å². The van der Waals surface area contributed by atoms with Crippen molar-refractivity contribution >= 4 is 28.8 Å². The highest BCUT2D eigenvalue weighted by Crippen LogP contribution is 2.28. The molecule has 0 aliphatic heterocycles. The molecule has 0 spiro atoms. The van der Waals surface area contributed by atoms with E-state index in [1.165, 1.54) is 30.6 Å². The standard InChI is InChI=1S/C28H34ClN3O3S/c1-34-25-12-11-20(16-26(25)35-2)13-14-32(17-21-7-6-8-22(29)15-21)18-27-31-24(19-36-27)28(33)30-23-9-4-3-5-10-23/h6-8,11-12,15-16,19,23H,3-5,9-10,13-14,17-18H2,1-2H3,(H,30,33). The summed E-state index contributed by atoms with van der Waals surface area (Å²) >= 11 is 7.78. The molecule has 1 amide bonds. The van der Waals surface area contributed by atoms with E-state index in [0.29, 0.717) is 12.2 Å². The van der Waals surface area contributed by atoms with E-state index in [-0.39, 0.29) is 11.9 Å². The first-order chi connectivity index (χ1) is 17.5. The molecule has 1 aromatic heterocycles. The largest absolute Gasteiger partial charge is 0.493 e. The van der Waals surface area contributed by atoms with Crippen LogP contribution in [-0.2, 0) is 19.5 Å². The van der Waals surface area contributed by atoms with E-state index < -0.39 is 0 Å². The van der Waals surface area contributed by atoms with E-state index in [4.69, 9.17) is 21.1 Å². The molecule has 1 fully saturated rings. The molecule has 3 aromatic rings. The number of thiazole rings is 1. The van der Waals surface area contributed by atoms with Crippen LogP contribution in [0.3, 0.4) is 0 Å². The number of carbonyl (C=O) groups excluding carboxylic acids is 1. The Morgan fingerprint density at radius 2 is 1.86 bits per heavy atom. The third-order valence-corrected chi connectivity index (χ3v) is 7.61. The molecule has 1 N–H and O–H groups in total. The molecule has 0 atom stereocenters. The number of halogens is 1. The van der Waals surface area contributed by atoms with Gasteiger partial charge in [0.15, 0.2) is 11.5 Å². The molecule has 1 aliphatic carbocycles. The number of hydrogen-bond acceptors (Lipinski definition) is 6. The van der Waals surface area contributed by atoms with Crippen LogP contribution in [0, 0.1) is 0 Å². The fourth-order valence-corrected chi connectivity index (χ4v) is 5.64. The minimum Gasteiger partial charge on any atom is -0.493 e. The summed E-state index contributed by atoms with van der Waals surface area (Å²) in [7, 11) is 3.29. The smallest absolute Gasteiger partial charge is 0.270 e. The zero-order valence-electron chi connectivity index (χ0n) is 21.0. The molecular formula is C28H34ClN3O3S. The Labute approximate surface area is 222 Å². The Hall–Kier alpha value is -2.61. The number of ether oxygens (including phenoxy) is 2. The maximum atomic E-state index is 12.7. The summed E-state index contributed by atoms with van der Waals surface area (Å²) in [5, 5.41) is 6.70. The number of aromatic nitrogens is 1. The number of rotatable bonds is 11. The number of benzene rings is 2. The van der Waals surface area contributed by atoms with Crippen molar-refractivity contribution in [2.24, 2.45) is 0 Å². The van der Waals surface area contributed by atoms with Gasteiger partial charge in [-0.25, -0.2) is 4.98 Å². The van der Waals surface area contributed by atoms with Crippen molar-refractivity contribution in [1.82, 2.24) is 15.2 Å². The van der Waals surface area contributed by atoms with Gasteiger partial charge in [0.2, 0.25) is 0 Å². The van der Waals surface area contributed by atoms with Gasteiger partial charge in [-0.05, 0) is 54.7 Å². The molecule has 8 heteroatoms. The predicted molar refractivity (Wildman–Crippen MR) is 145 cm³/mol. The van der Waals surface area contributed by atoms with Gasteiger partial charge in [0.05, 0.1) is 20.8 Å². The number of carbonyl (C=O) groups is 1. The third-order valence-electron chi connectivity index (χ3n) is 6.54. The molecule has 4 rings (SSSR count). The van der Waals surface area contributed by atoms with Gasteiger partial charge in [-0.1, -0.05) is 49.1 Å². The number of methoxy groups -OCH3 is 2. The van der Waals surface area contributed by atoms with Crippen molar-refractivity contribution in [1.29, 1.82) is 0 Å². The Kier molecular flexibility index (Phi) is 9.61. The molecule has 0 bridgehead atoms. The SMILES string of the molecule is COc1ccc(CCN(Cc2cccc(Cl)c2)Cc2nc(C(=O)NC3CCCCC3)cs2)cc1OC. The lowest BCUT2D eigenvalue weighted by molar-refractivity contribution is 0.0923. The average Bonchev–Trinajstić information content (AvgIpc) is 3.36. The van der Waals surface area contributed by atoms with E-state index in [1.54, 1.807) is 14.2 Å². The second-order valence-corrected chi connectivity index (χ2v) is 10.6. The topological polar surface area (TPSA) is 63.7 Å². The first kappa shape index (κ1) is 26.5. The summed E-state index contributed by atoms with van der Waals surface area (Å²) in [6.07, 6.45) is 6.59. The lowest BCUT2D eigenvalue weighted by Crippen LogP contribution is -2.36. The van der Waals surface area contributed by atoms with Crippen LogP contribution in [0.2, 0.25) is 5.02 Å². The van der Waals surface area contributed by atoms with Gasteiger partial charge < -0.3 is 14.8 Å². The minimum absolute atomic E-state index is 0.0591. The minimum atomic E-state index is -0.0591. The summed E-state index contributed by atoms with van der Waals surface area (Å²) in [6, 6.07) is 14.2. The molecule has 0 saturated heterocycles. The lowest BCUT2D eigenvalue weighted by atomic mass is 9.95. The molecule has 6 nitrogen and oxygen atoms in total. The van der Waals surface area contributed by atoms with E-state index >= 15 is 0 Å². The monoisotopic (exact) mass is 527 g/mol. The zero-order chi connectivity index (χ0) is 25.3. The quantitative estimate of drug-likeness (QED) is 0.325. The maximum Gasteiger partial charge on any atom is 0.270 e. The number of nitrogens with one attached hydrogen (secondary N) is 1. The van der Waals surface area contributed by atoms with Crippen LogP contribution in [0.25, 0.3) is 0 Å². The fraction of sp³-hybridized carbons (Fsp3) is 0.429. The van der Waals surface area contributed by atoms with Crippen molar-refractivity contribution in [3.8, 4) is 11.5 Å². The highest BCUT2D eigenvalue weighted by atomic mass is 35.5. The Bertz CT molecular complexity index is 1150. The van der Waals surface area contributed by atoms with Crippen LogP contribution >= 0.6 is 22.9 Å². The summed E-state index contributed by atoms with van der Waals surface area (Å²) in [6.45, 7) is 2.20. The van der Waals surface area contributed by atoms with E-state index in [9.17, 15) is 4.79 Å². The Morgan fingerprint density at radius 3 is 2.61 bits per heavy atom. The van der Waals surface area contributed by atoms with Gasteiger partial charge in [-0.2, -0.15) is 0 Å². The van der Waals surface area contributed by atoms with E-state index in [1.807, 2.05) is 35.7 Å². The Morgan fingerprint density at radius 1 is 1.06 bits per heavy atom. The molecule has 0 unspecified atom stereocenters. The van der Waals surface area contributed by atoms with Crippen LogP contribution in [0.1, 0.15) is 58.7 Å². The third kappa shape index (κ3) is 7.45. The molecule has 2 aromatic carbocycles. The highest BCUT2D eigenvalue weighted by molar-refractivity contribution is 7.09. The molecular weight excluding hydrogens is 494 g/mol. The van der Waals surface area contributed by atoms with Gasteiger partial charge in [0, 0.05) is 29.5 Å². The summed E-state index contributed by atoms with van der Waals surface area (Å²) in [5.41, 5.74) is 2.82. The van der Waals surface area contributed by atoms with Crippen LogP contribution in [0.5, 0.6) is 11.5 Å². The predicted octanol–water partition coefficient (Wildman–Crippen LogP) is 6.12. The summed E-state index contributed by atoms with van der Waals surface area (Å²) in [5.74, 6) is 1.39. The zero-order valence-corrected chi connectivity index (χ0v) is 22.5.